The fourth-order valence-electron chi connectivity index (χ4n) is 1.67. The van der Waals surface area contributed by atoms with Crippen LogP contribution in [0.15, 0.2) is 35.6 Å². The summed E-state index contributed by atoms with van der Waals surface area (Å²) in [5.41, 5.74) is 1.97. The van der Waals surface area contributed by atoms with E-state index in [2.05, 4.69) is 4.98 Å². The van der Waals surface area contributed by atoms with Crippen LogP contribution < -0.4 is 0 Å². The molecular weight excluding hydrogens is 270 g/mol. The van der Waals surface area contributed by atoms with Crippen molar-refractivity contribution in [1.29, 1.82) is 0 Å². The number of hydrogen-bond acceptors (Lipinski definition) is 4. The van der Waals surface area contributed by atoms with Crippen molar-refractivity contribution in [2.75, 3.05) is 5.88 Å². The Bertz CT molecular complexity index is 545. The number of hydrogen-bond donors (Lipinski definition) is 2. The first-order valence-corrected chi connectivity index (χ1v) is 6.40. The van der Waals surface area contributed by atoms with Crippen molar-refractivity contribution in [3.63, 3.8) is 0 Å². The molecule has 2 N–H and O–H groups in total. The van der Waals surface area contributed by atoms with E-state index in [0.29, 0.717) is 0 Å². The Kier molecular flexibility index (Phi) is 4.16. The molecule has 6 heteroatoms. The lowest BCUT2D eigenvalue weighted by Crippen LogP contribution is -2.03. The van der Waals surface area contributed by atoms with E-state index in [4.69, 9.17) is 21.1 Å². The number of aliphatic hydroxyl groups is 1. The Morgan fingerprint density at radius 3 is 3.00 bits per heavy atom. The molecule has 5 nitrogen and oxygen atoms in total. The number of carbonyl (C=O) groups excluding carboxylic acids is 1. The maximum atomic E-state index is 11.5. The number of alkyl halides is 1. The summed E-state index contributed by atoms with van der Waals surface area (Å²) >= 11 is 5.49. The molecule has 0 unspecified atom stereocenters. The predicted molar refractivity (Wildman–Crippen MR) is 69.5 cm³/mol. The summed E-state index contributed by atoms with van der Waals surface area (Å²) in [6.07, 6.45) is 4.18. The van der Waals surface area contributed by atoms with Gasteiger partial charge >= 0.3 is 5.97 Å². The molecule has 0 aliphatic carbocycles. The van der Waals surface area contributed by atoms with Gasteiger partial charge in [0.25, 0.3) is 5.76 Å². The van der Waals surface area contributed by atoms with Crippen molar-refractivity contribution in [2.45, 2.75) is 20.0 Å². The number of nitrogens with one attached hydrogen (secondary N) is 1. The van der Waals surface area contributed by atoms with Gasteiger partial charge in [-0.15, -0.1) is 11.6 Å². The smallest absolute Gasteiger partial charge is 0.383 e. The standard InChI is InChI=1S/C13H14ClNO4/c1-2-8-5-9(15-6-8)7-18-12-11(16)10(3-4-14)19-13(12)17/h3,5-6,15-16H,2,4,7H2,1H3/b10-3+. The van der Waals surface area contributed by atoms with E-state index in [0.717, 1.165) is 17.7 Å². The number of cyclic esters (lactones) is 1. The normalized spacial score (nSPS) is 17.2. The fraction of sp³-hybridized carbons (Fsp3) is 0.308. The first kappa shape index (κ1) is 13.5. The second-order valence-electron chi connectivity index (χ2n) is 3.97. The third kappa shape index (κ3) is 2.93. The van der Waals surface area contributed by atoms with Crippen LogP contribution in [0.1, 0.15) is 18.2 Å². The van der Waals surface area contributed by atoms with Crippen LogP contribution in [0.2, 0.25) is 0 Å². The number of ether oxygens (including phenoxy) is 2. The monoisotopic (exact) mass is 283 g/mol. The molecular formula is C13H14ClNO4. The van der Waals surface area contributed by atoms with E-state index in [-0.39, 0.29) is 29.8 Å². The van der Waals surface area contributed by atoms with Crippen LogP contribution in [-0.4, -0.2) is 21.9 Å². The number of carbonyl (C=O) groups is 1. The van der Waals surface area contributed by atoms with Gasteiger partial charge in [0.2, 0.25) is 5.76 Å². The first-order chi connectivity index (χ1) is 9.15. The third-order valence-corrected chi connectivity index (χ3v) is 2.84. The molecule has 19 heavy (non-hydrogen) atoms. The van der Waals surface area contributed by atoms with E-state index in [1.807, 2.05) is 19.2 Å². The summed E-state index contributed by atoms with van der Waals surface area (Å²) in [5.74, 6) is -1.04. The lowest BCUT2D eigenvalue weighted by atomic mass is 10.2. The van der Waals surface area contributed by atoms with Gasteiger partial charge in [-0.1, -0.05) is 6.92 Å². The zero-order chi connectivity index (χ0) is 13.8. The molecule has 1 aromatic heterocycles. The Balaban J connectivity index is 2.06. The van der Waals surface area contributed by atoms with Crippen LogP contribution in [0.3, 0.4) is 0 Å². The summed E-state index contributed by atoms with van der Waals surface area (Å²) in [4.78, 5) is 14.5. The zero-order valence-corrected chi connectivity index (χ0v) is 11.2. The molecule has 0 atom stereocenters. The van der Waals surface area contributed by atoms with Crippen molar-refractivity contribution in [2.24, 2.45) is 0 Å². The maximum absolute atomic E-state index is 11.5. The number of aromatic nitrogens is 1. The Morgan fingerprint density at radius 2 is 2.37 bits per heavy atom. The summed E-state index contributed by atoms with van der Waals surface area (Å²) < 4.78 is 10.1. The lowest BCUT2D eigenvalue weighted by Gasteiger charge is -2.02. The lowest BCUT2D eigenvalue weighted by molar-refractivity contribution is -0.136. The van der Waals surface area contributed by atoms with Crippen LogP contribution in [0, 0.1) is 0 Å². The summed E-state index contributed by atoms with van der Waals surface area (Å²) in [6.45, 7) is 2.20. The quantitative estimate of drug-likeness (QED) is 0.643. The van der Waals surface area contributed by atoms with Crippen molar-refractivity contribution in [3.05, 3.63) is 46.9 Å². The van der Waals surface area contributed by atoms with Crippen LogP contribution in [0.25, 0.3) is 0 Å². The van der Waals surface area contributed by atoms with E-state index < -0.39 is 5.97 Å². The van der Waals surface area contributed by atoms with Gasteiger partial charge in [0.1, 0.15) is 6.61 Å². The van der Waals surface area contributed by atoms with Crippen molar-refractivity contribution < 1.29 is 19.4 Å². The summed E-state index contributed by atoms with van der Waals surface area (Å²) in [7, 11) is 0. The van der Waals surface area contributed by atoms with Crippen molar-refractivity contribution >= 4 is 17.6 Å². The van der Waals surface area contributed by atoms with Gasteiger partial charge < -0.3 is 19.6 Å². The molecule has 102 valence electrons. The van der Waals surface area contributed by atoms with Crippen LogP contribution in [0.4, 0.5) is 0 Å². The van der Waals surface area contributed by atoms with Crippen LogP contribution in [-0.2, 0) is 27.3 Å². The van der Waals surface area contributed by atoms with Gasteiger partial charge in [-0.25, -0.2) is 4.79 Å². The van der Waals surface area contributed by atoms with Gasteiger partial charge in [0.05, 0.1) is 5.69 Å². The molecule has 0 saturated carbocycles. The molecule has 0 spiro atoms. The highest BCUT2D eigenvalue weighted by atomic mass is 35.5. The highest BCUT2D eigenvalue weighted by Crippen LogP contribution is 2.25. The highest BCUT2D eigenvalue weighted by Gasteiger charge is 2.31. The third-order valence-electron chi connectivity index (χ3n) is 2.68. The summed E-state index contributed by atoms with van der Waals surface area (Å²) in [5, 5.41) is 9.75. The van der Waals surface area contributed by atoms with E-state index in [1.165, 1.54) is 6.08 Å². The molecule has 1 aliphatic heterocycles. The van der Waals surface area contributed by atoms with E-state index in [9.17, 15) is 9.90 Å². The zero-order valence-electron chi connectivity index (χ0n) is 10.4. The van der Waals surface area contributed by atoms with E-state index in [1.54, 1.807) is 0 Å². The second kappa shape index (κ2) is 5.84. The van der Waals surface area contributed by atoms with E-state index >= 15 is 0 Å². The van der Waals surface area contributed by atoms with Crippen molar-refractivity contribution in [3.8, 4) is 0 Å². The second-order valence-corrected chi connectivity index (χ2v) is 4.27. The first-order valence-electron chi connectivity index (χ1n) is 5.86. The minimum atomic E-state index is -0.712. The average molecular weight is 284 g/mol. The number of esters is 1. The molecule has 1 aromatic rings. The number of halogens is 1. The molecule has 0 fully saturated rings. The molecule has 0 amide bonds. The molecule has 1 aliphatic rings. The largest absolute Gasteiger partial charge is 0.501 e. The predicted octanol–water partition coefficient (Wildman–Crippen LogP) is 2.54. The van der Waals surface area contributed by atoms with Gasteiger partial charge in [-0.3, -0.25) is 0 Å². The molecule has 2 rings (SSSR count). The number of allylic oxidation sites excluding steroid dienone is 1. The van der Waals surface area contributed by atoms with Gasteiger partial charge in [-0.2, -0.15) is 0 Å². The number of H-pyrrole nitrogens is 1. The molecule has 0 aromatic carbocycles. The molecule has 0 radical (unpaired) electrons. The minimum absolute atomic E-state index is 0.0377. The van der Waals surface area contributed by atoms with Crippen LogP contribution in [0.5, 0.6) is 0 Å². The molecule has 2 heterocycles. The molecule has 0 saturated heterocycles. The molecule has 0 bridgehead atoms. The van der Waals surface area contributed by atoms with Crippen molar-refractivity contribution in [1.82, 2.24) is 4.98 Å². The van der Waals surface area contributed by atoms with Gasteiger partial charge in [0.15, 0.2) is 5.76 Å². The number of rotatable bonds is 5. The number of aromatic amines is 1. The van der Waals surface area contributed by atoms with Crippen LogP contribution >= 0.6 is 11.6 Å². The Morgan fingerprint density at radius 1 is 1.58 bits per heavy atom. The summed E-state index contributed by atoms with van der Waals surface area (Å²) in [6, 6.07) is 1.94. The number of aryl methyl sites for hydroxylation is 1. The van der Waals surface area contributed by atoms with Gasteiger partial charge in [-0.05, 0) is 24.1 Å². The Hall–Kier alpha value is -1.88. The fourth-order valence-corrected chi connectivity index (χ4v) is 1.81. The SMILES string of the molecule is CCc1c[nH]c(COC2=C(O)/C(=C\CCl)OC2=O)c1. The Labute approximate surface area is 115 Å². The topological polar surface area (TPSA) is 71.6 Å². The highest BCUT2D eigenvalue weighted by molar-refractivity contribution is 6.19. The maximum Gasteiger partial charge on any atom is 0.383 e. The number of aliphatic hydroxyl groups excluding tert-OH is 1. The average Bonchev–Trinajstić information content (AvgIpc) is 2.95. The minimum Gasteiger partial charge on any atom is -0.501 e. The van der Waals surface area contributed by atoms with Gasteiger partial charge in [0, 0.05) is 12.1 Å².